The smallest absolute Gasteiger partial charge is 0.415 e. The van der Waals surface area contributed by atoms with Gasteiger partial charge in [0, 0.05) is 19.0 Å². The first-order chi connectivity index (χ1) is 15.8. The Balaban J connectivity index is 2.87. The van der Waals surface area contributed by atoms with Crippen molar-refractivity contribution in [2.24, 2.45) is 5.41 Å². The fraction of sp³-hybridized carbons (Fsp3) is 0.556. The molecule has 0 aliphatic rings. The molecule has 0 bridgehead atoms. The highest BCUT2D eigenvalue weighted by Crippen LogP contribution is 2.38. The largest absolute Gasteiger partial charge is 0.489 e. The van der Waals surface area contributed by atoms with E-state index in [1.807, 2.05) is 20.8 Å². The number of amides is 1. The monoisotopic (exact) mass is 470 g/mol. The number of terminal acetylenes is 1. The Morgan fingerprint density at radius 3 is 2.35 bits per heavy atom. The molecule has 1 aromatic heterocycles. The number of carbonyl (C=O) groups excluding carboxylic acids is 1. The average Bonchev–Trinajstić information content (AvgIpc) is 2.72. The summed E-state index contributed by atoms with van der Waals surface area (Å²) in [5.41, 5.74) is -1.16. The summed E-state index contributed by atoms with van der Waals surface area (Å²) in [6, 6.07) is 5.17. The third kappa shape index (κ3) is 6.93. The molecule has 2 rings (SSSR count). The van der Waals surface area contributed by atoms with Gasteiger partial charge in [0.15, 0.2) is 11.6 Å². The van der Waals surface area contributed by atoms with E-state index in [0.717, 1.165) is 12.8 Å². The second kappa shape index (κ2) is 10.9. The van der Waals surface area contributed by atoms with Crippen LogP contribution in [0.25, 0.3) is 10.8 Å². The van der Waals surface area contributed by atoms with E-state index >= 15 is 0 Å². The zero-order valence-electron chi connectivity index (χ0n) is 21.8. The van der Waals surface area contributed by atoms with E-state index in [9.17, 15) is 9.59 Å². The van der Waals surface area contributed by atoms with E-state index in [0.29, 0.717) is 41.2 Å². The Hall–Kier alpha value is -3.14. The molecule has 0 N–H and O–H groups in total. The first-order valence-electron chi connectivity index (χ1n) is 11.7. The lowest BCUT2D eigenvalue weighted by Crippen LogP contribution is -2.39. The highest BCUT2D eigenvalue weighted by Gasteiger charge is 2.29. The van der Waals surface area contributed by atoms with Crippen LogP contribution < -0.4 is 19.9 Å². The van der Waals surface area contributed by atoms with Crippen LogP contribution in [0, 0.1) is 17.8 Å². The van der Waals surface area contributed by atoms with Crippen LogP contribution in [-0.4, -0.2) is 36.5 Å². The van der Waals surface area contributed by atoms with Crippen molar-refractivity contribution in [2.45, 2.75) is 73.5 Å². The number of rotatable bonds is 8. The number of unbranched alkanes of at least 4 members (excludes halogenated alkanes) is 1. The topological polar surface area (TPSA) is 70.0 Å². The van der Waals surface area contributed by atoms with Gasteiger partial charge in [0.2, 0.25) is 0 Å². The van der Waals surface area contributed by atoms with Gasteiger partial charge in [-0.1, -0.05) is 40.0 Å². The quantitative estimate of drug-likeness (QED) is 0.370. The Kier molecular flexibility index (Phi) is 8.66. The minimum atomic E-state index is -0.698. The Bertz CT molecular complexity index is 1110. The summed E-state index contributed by atoms with van der Waals surface area (Å²) in [4.78, 5) is 28.2. The van der Waals surface area contributed by atoms with Gasteiger partial charge in [0.1, 0.15) is 18.0 Å². The van der Waals surface area contributed by atoms with Crippen molar-refractivity contribution in [1.29, 1.82) is 0 Å². The van der Waals surface area contributed by atoms with Crippen LogP contribution in [0.1, 0.15) is 61.3 Å². The normalized spacial score (nSPS) is 11.7. The number of nitrogens with zero attached hydrogens (tertiary/aromatic N) is 2. The molecule has 0 spiro atoms. The first kappa shape index (κ1) is 27.1. The number of fused-ring (bicyclic) bond motifs is 1. The second-order valence-corrected chi connectivity index (χ2v) is 10.5. The molecule has 7 heteroatoms. The molecule has 0 fully saturated rings. The van der Waals surface area contributed by atoms with Gasteiger partial charge < -0.3 is 14.2 Å². The van der Waals surface area contributed by atoms with E-state index in [1.54, 1.807) is 50.6 Å². The number of carbonyl (C=O) groups is 1. The highest BCUT2D eigenvalue weighted by atomic mass is 16.6. The van der Waals surface area contributed by atoms with E-state index in [4.69, 9.17) is 20.6 Å². The molecule has 0 radical (unpaired) electrons. The van der Waals surface area contributed by atoms with Crippen LogP contribution in [0.5, 0.6) is 11.5 Å². The maximum Gasteiger partial charge on any atom is 0.415 e. The van der Waals surface area contributed by atoms with Gasteiger partial charge in [-0.2, -0.15) is 0 Å². The Morgan fingerprint density at radius 2 is 1.79 bits per heavy atom. The molecular weight excluding hydrogens is 432 g/mol. The molecule has 1 heterocycles. The van der Waals surface area contributed by atoms with Gasteiger partial charge in [0.05, 0.1) is 12.0 Å². The van der Waals surface area contributed by atoms with E-state index in [1.165, 1.54) is 4.90 Å². The fourth-order valence-electron chi connectivity index (χ4n) is 3.43. The summed E-state index contributed by atoms with van der Waals surface area (Å²) in [6.07, 6.45) is 6.52. The molecule has 0 unspecified atom stereocenters. The van der Waals surface area contributed by atoms with Crippen LogP contribution in [0.3, 0.4) is 0 Å². The van der Waals surface area contributed by atoms with Gasteiger partial charge in [-0.15, -0.1) is 6.42 Å². The molecule has 34 heavy (non-hydrogen) atoms. The molecular formula is C27H38N2O5. The summed E-state index contributed by atoms with van der Waals surface area (Å²) in [5.74, 6) is 3.75. The summed E-state index contributed by atoms with van der Waals surface area (Å²) < 4.78 is 19.1. The average molecular weight is 471 g/mol. The lowest BCUT2D eigenvalue weighted by Gasteiger charge is -2.30. The van der Waals surface area contributed by atoms with Crippen molar-refractivity contribution in [3.63, 3.8) is 0 Å². The fourth-order valence-corrected chi connectivity index (χ4v) is 3.43. The number of hydrogen-bond acceptors (Lipinski definition) is 5. The number of hydrogen-bond donors (Lipinski definition) is 0. The Morgan fingerprint density at radius 1 is 1.12 bits per heavy atom. The maximum absolute atomic E-state index is 13.7. The van der Waals surface area contributed by atoms with Gasteiger partial charge in [-0.05, 0) is 50.8 Å². The summed E-state index contributed by atoms with van der Waals surface area (Å²) >= 11 is 0. The van der Waals surface area contributed by atoms with E-state index in [2.05, 4.69) is 12.8 Å². The lowest BCUT2D eigenvalue weighted by atomic mass is 9.96. The van der Waals surface area contributed by atoms with Crippen molar-refractivity contribution in [3.8, 4) is 23.8 Å². The summed E-state index contributed by atoms with van der Waals surface area (Å²) in [6.45, 7) is 14.5. The van der Waals surface area contributed by atoms with Crippen molar-refractivity contribution in [3.05, 3.63) is 28.6 Å². The van der Waals surface area contributed by atoms with Crippen molar-refractivity contribution < 1.29 is 19.0 Å². The number of anilines is 1. The maximum atomic E-state index is 13.7. The number of ether oxygens (including phenoxy) is 3. The molecule has 0 aliphatic heterocycles. The molecule has 186 valence electrons. The minimum absolute atomic E-state index is 0.100. The van der Waals surface area contributed by atoms with Crippen LogP contribution in [0.2, 0.25) is 0 Å². The van der Waals surface area contributed by atoms with Crippen LogP contribution >= 0.6 is 0 Å². The Labute approximate surface area is 203 Å². The van der Waals surface area contributed by atoms with Crippen LogP contribution in [0.4, 0.5) is 10.6 Å². The molecule has 1 aromatic carbocycles. The third-order valence-electron chi connectivity index (χ3n) is 4.85. The SMILES string of the molecule is C#CCOc1ccc2c(=O)n(CC(C)(C)C)c(N(C)C(=O)OC(C)(C)C)c(OCCCC)c2c1. The van der Waals surface area contributed by atoms with Crippen LogP contribution in [-0.2, 0) is 11.3 Å². The van der Waals surface area contributed by atoms with Crippen molar-refractivity contribution in [1.82, 2.24) is 4.57 Å². The predicted molar refractivity (Wildman–Crippen MR) is 137 cm³/mol. The zero-order valence-corrected chi connectivity index (χ0v) is 21.8. The zero-order chi connectivity index (χ0) is 25.7. The minimum Gasteiger partial charge on any atom is -0.489 e. The standard InChI is InChI=1S/C27H38N2O5/c1-10-12-16-33-22-21-17-19(32-15-11-2)13-14-20(21)24(30)29(18-26(3,4)5)23(22)28(9)25(31)34-27(6,7)8/h2,13-14,17H,10,12,15-16,18H2,1,3-9H3. The molecule has 1 amide bonds. The van der Waals surface area contributed by atoms with E-state index in [-0.39, 0.29) is 17.6 Å². The predicted octanol–water partition coefficient (Wildman–Crippen LogP) is 5.61. The van der Waals surface area contributed by atoms with Gasteiger partial charge in [-0.25, -0.2) is 4.79 Å². The van der Waals surface area contributed by atoms with E-state index < -0.39 is 11.7 Å². The second-order valence-electron chi connectivity index (χ2n) is 10.5. The van der Waals surface area contributed by atoms with Crippen molar-refractivity contribution >= 4 is 22.7 Å². The van der Waals surface area contributed by atoms with Crippen LogP contribution in [0.15, 0.2) is 23.0 Å². The van der Waals surface area contributed by atoms with Gasteiger partial charge in [0.25, 0.3) is 5.56 Å². The van der Waals surface area contributed by atoms with Crippen molar-refractivity contribution in [2.75, 3.05) is 25.2 Å². The summed E-state index contributed by atoms with van der Waals surface area (Å²) in [5, 5.41) is 1.04. The molecule has 0 atom stereocenters. The molecule has 2 aromatic rings. The van der Waals surface area contributed by atoms with Gasteiger partial charge >= 0.3 is 6.09 Å². The first-order valence-corrected chi connectivity index (χ1v) is 11.7. The molecule has 0 saturated heterocycles. The number of aromatic nitrogens is 1. The van der Waals surface area contributed by atoms with Gasteiger partial charge in [-0.3, -0.25) is 14.3 Å². The molecule has 0 aliphatic carbocycles. The molecule has 0 saturated carbocycles. The highest BCUT2D eigenvalue weighted by molar-refractivity contribution is 5.97. The number of benzene rings is 1. The summed E-state index contributed by atoms with van der Waals surface area (Å²) in [7, 11) is 1.60. The lowest BCUT2D eigenvalue weighted by molar-refractivity contribution is 0.0585. The number of pyridine rings is 1. The molecule has 7 nitrogen and oxygen atoms in total. The third-order valence-corrected chi connectivity index (χ3v) is 4.85.